The molecule has 146 valence electrons. The van der Waals surface area contributed by atoms with Gasteiger partial charge in [-0.15, -0.1) is 0 Å². The molecular formula is C19H23N7O2. The Morgan fingerprint density at radius 1 is 1.18 bits per heavy atom. The van der Waals surface area contributed by atoms with E-state index in [4.69, 9.17) is 0 Å². The molecule has 1 atom stereocenters. The summed E-state index contributed by atoms with van der Waals surface area (Å²) >= 11 is 0. The maximum atomic E-state index is 12.2. The van der Waals surface area contributed by atoms with E-state index in [9.17, 15) is 9.59 Å². The Morgan fingerprint density at radius 3 is 2.79 bits per heavy atom. The summed E-state index contributed by atoms with van der Waals surface area (Å²) < 4.78 is 4.41. The highest BCUT2D eigenvalue weighted by Gasteiger charge is 2.25. The average molecular weight is 381 g/mol. The van der Waals surface area contributed by atoms with Gasteiger partial charge in [0.2, 0.25) is 0 Å². The maximum absolute atomic E-state index is 12.2. The lowest BCUT2D eigenvalue weighted by Gasteiger charge is -2.22. The van der Waals surface area contributed by atoms with Gasteiger partial charge >= 0.3 is 5.69 Å². The minimum atomic E-state index is -0.305. The molecule has 1 aliphatic rings. The van der Waals surface area contributed by atoms with Gasteiger partial charge in [-0.05, 0) is 18.1 Å². The molecule has 0 radical (unpaired) electrons. The van der Waals surface area contributed by atoms with Gasteiger partial charge in [0, 0.05) is 45.8 Å². The predicted octanol–water partition coefficient (Wildman–Crippen LogP) is 0.0332. The highest BCUT2D eigenvalue weighted by Crippen LogP contribution is 2.19. The molecule has 0 spiro atoms. The van der Waals surface area contributed by atoms with E-state index < -0.39 is 0 Å². The molecule has 3 aromatic rings. The number of nitrogens with one attached hydrogen (secondary N) is 1. The minimum Gasteiger partial charge on any atom is -0.356 e. The molecule has 0 saturated carbocycles. The van der Waals surface area contributed by atoms with Crippen LogP contribution in [0.15, 0.2) is 52.6 Å². The predicted molar refractivity (Wildman–Crippen MR) is 106 cm³/mol. The van der Waals surface area contributed by atoms with Gasteiger partial charge in [0.1, 0.15) is 18.5 Å². The molecule has 3 heterocycles. The Bertz CT molecular complexity index is 1080. The van der Waals surface area contributed by atoms with Crippen molar-refractivity contribution >= 4 is 5.82 Å². The van der Waals surface area contributed by atoms with Crippen molar-refractivity contribution in [3.05, 3.63) is 69.4 Å². The van der Waals surface area contributed by atoms with Gasteiger partial charge in [-0.3, -0.25) is 13.9 Å². The molecule has 28 heavy (non-hydrogen) atoms. The first kappa shape index (κ1) is 18.2. The SMILES string of the molecule is Cn1c(N2CC[C@H](NCc3ccccc3-n3cncn3)C2)cc(=O)n(C)c1=O. The first-order valence-corrected chi connectivity index (χ1v) is 9.23. The number of hydrogen-bond donors (Lipinski definition) is 1. The van der Waals surface area contributed by atoms with Crippen LogP contribution in [0.25, 0.3) is 5.69 Å². The lowest BCUT2D eigenvalue weighted by molar-refractivity contribution is 0.548. The van der Waals surface area contributed by atoms with Gasteiger partial charge < -0.3 is 10.2 Å². The second-order valence-corrected chi connectivity index (χ2v) is 7.02. The molecule has 4 rings (SSSR count). The monoisotopic (exact) mass is 381 g/mol. The highest BCUT2D eigenvalue weighted by atomic mass is 16.2. The minimum absolute atomic E-state index is 0.267. The number of anilines is 1. The largest absolute Gasteiger partial charge is 0.356 e. The van der Waals surface area contributed by atoms with Gasteiger partial charge in [0.15, 0.2) is 0 Å². The van der Waals surface area contributed by atoms with Gasteiger partial charge in [-0.25, -0.2) is 14.5 Å². The van der Waals surface area contributed by atoms with Crippen molar-refractivity contribution in [3.63, 3.8) is 0 Å². The molecule has 1 saturated heterocycles. The molecule has 0 amide bonds. The maximum Gasteiger partial charge on any atom is 0.332 e. The zero-order chi connectivity index (χ0) is 19.7. The van der Waals surface area contributed by atoms with Crippen LogP contribution >= 0.6 is 0 Å². The highest BCUT2D eigenvalue weighted by molar-refractivity contribution is 5.41. The van der Waals surface area contributed by atoms with Crippen molar-refractivity contribution in [1.29, 1.82) is 0 Å². The van der Waals surface area contributed by atoms with E-state index in [0.29, 0.717) is 12.4 Å². The van der Waals surface area contributed by atoms with E-state index in [1.807, 2.05) is 18.2 Å². The molecule has 0 unspecified atom stereocenters. The van der Waals surface area contributed by atoms with E-state index in [-0.39, 0.29) is 17.3 Å². The fourth-order valence-corrected chi connectivity index (χ4v) is 3.63. The smallest absolute Gasteiger partial charge is 0.332 e. The molecule has 9 nitrogen and oxygen atoms in total. The lowest BCUT2D eigenvalue weighted by atomic mass is 10.1. The van der Waals surface area contributed by atoms with Crippen LogP contribution < -0.4 is 21.5 Å². The van der Waals surface area contributed by atoms with Crippen LogP contribution in [-0.4, -0.2) is 43.0 Å². The van der Waals surface area contributed by atoms with Crippen molar-refractivity contribution in [2.24, 2.45) is 14.1 Å². The van der Waals surface area contributed by atoms with Crippen LogP contribution in [0.5, 0.6) is 0 Å². The summed E-state index contributed by atoms with van der Waals surface area (Å²) in [6.45, 7) is 2.23. The standard InChI is InChI=1S/C19H23N7O2/c1-23-17(9-18(27)24(2)19(23)28)25-8-7-15(11-25)21-10-14-5-3-4-6-16(14)26-13-20-12-22-26/h3-6,9,12-13,15,21H,7-8,10-11H2,1-2H3/t15-/m0/s1. The van der Waals surface area contributed by atoms with Crippen molar-refractivity contribution < 1.29 is 0 Å². The van der Waals surface area contributed by atoms with Crippen molar-refractivity contribution in [2.45, 2.75) is 19.0 Å². The summed E-state index contributed by atoms with van der Waals surface area (Å²) in [7, 11) is 3.20. The fourth-order valence-electron chi connectivity index (χ4n) is 3.63. The molecule has 1 N–H and O–H groups in total. The Kier molecular flexibility index (Phi) is 4.82. The van der Waals surface area contributed by atoms with Crippen molar-refractivity contribution in [2.75, 3.05) is 18.0 Å². The molecular weight excluding hydrogens is 358 g/mol. The number of para-hydroxylation sites is 1. The number of aromatic nitrogens is 5. The van der Waals surface area contributed by atoms with Crippen LogP contribution in [0.1, 0.15) is 12.0 Å². The van der Waals surface area contributed by atoms with E-state index in [2.05, 4.69) is 26.4 Å². The van der Waals surface area contributed by atoms with Gasteiger partial charge in [0.25, 0.3) is 5.56 Å². The van der Waals surface area contributed by atoms with Crippen molar-refractivity contribution in [3.8, 4) is 5.69 Å². The molecule has 9 heteroatoms. The first-order chi connectivity index (χ1) is 13.5. The van der Waals surface area contributed by atoms with Crippen LogP contribution in [-0.2, 0) is 20.6 Å². The molecule has 1 aromatic carbocycles. The molecule has 0 aliphatic carbocycles. The van der Waals surface area contributed by atoms with Crippen LogP contribution in [0.2, 0.25) is 0 Å². The van der Waals surface area contributed by atoms with Gasteiger partial charge in [-0.1, -0.05) is 18.2 Å². The third-order valence-electron chi connectivity index (χ3n) is 5.25. The van der Waals surface area contributed by atoms with E-state index >= 15 is 0 Å². The normalized spacial score (nSPS) is 16.6. The van der Waals surface area contributed by atoms with Gasteiger partial charge in [-0.2, -0.15) is 5.10 Å². The van der Waals surface area contributed by atoms with Crippen LogP contribution in [0.4, 0.5) is 5.82 Å². The second kappa shape index (κ2) is 7.43. The fraction of sp³-hybridized carbons (Fsp3) is 0.368. The molecule has 2 aromatic heterocycles. The molecule has 1 aliphatic heterocycles. The van der Waals surface area contributed by atoms with E-state index in [1.54, 1.807) is 18.1 Å². The summed E-state index contributed by atoms with van der Waals surface area (Å²) in [4.78, 5) is 30.3. The third-order valence-corrected chi connectivity index (χ3v) is 5.25. The summed E-state index contributed by atoms with van der Waals surface area (Å²) in [5.41, 5.74) is 1.54. The summed E-state index contributed by atoms with van der Waals surface area (Å²) in [5, 5.41) is 7.80. The Labute approximate surface area is 161 Å². The van der Waals surface area contributed by atoms with Gasteiger partial charge in [0.05, 0.1) is 5.69 Å². The number of nitrogens with zero attached hydrogens (tertiary/aromatic N) is 6. The number of rotatable bonds is 5. The Morgan fingerprint density at radius 2 is 2.00 bits per heavy atom. The Balaban J connectivity index is 1.46. The van der Waals surface area contributed by atoms with E-state index in [1.165, 1.54) is 24.0 Å². The number of hydrogen-bond acceptors (Lipinski definition) is 6. The summed E-state index contributed by atoms with van der Waals surface area (Å²) in [6, 6.07) is 9.87. The summed E-state index contributed by atoms with van der Waals surface area (Å²) in [6.07, 6.45) is 4.15. The lowest BCUT2D eigenvalue weighted by Crippen LogP contribution is -2.40. The first-order valence-electron chi connectivity index (χ1n) is 9.23. The number of benzene rings is 1. The molecule has 0 bridgehead atoms. The second-order valence-electron chi connectivity index (χ2n) is 7.02. The summed E-state index contributed by atoms with van der Waals surface area (Å²) in [5.74, 6) is 0.667. The quantitative estimate of drug-likeness (QED) is 0.671. The zero-order valence-electron chi connectivity index (χ0n) is 15.9. The zero-order valence-corrected chi connectivity index (χ0v) is 15.9. The third kappa shape index (κ3) is 3.36. The Hall–Kier alpha value is -3.20. The van der Waals surface area contributed by atoms with Crippen LogP contribution in [0, 0.1) is 0 Å². The van der Waals surface area contributed by atoms with Crippen molar-refractivity contribution in [1.82, 2.24) is 29.2 Å². The topological polar surface area (TPSA) is 90.0 Å². The van der Waals surface area contributed by atoms with Crippen LogP contribution in [0.3, 0.4) is 0 Å². The average Bonchev–Trinajstić information content (AvgIpc) is 3.40. The van der Waals surface area contributed by atoms with E-state index in [0.717, 1.165) is 35.3 Å². The molecule has 1 fully saturated rings.